The van der Waals surface area contributed by atoms with Crippen LogP contribution in [0.1, 0.15) is 46.0 Å². The van der Waals surface area contributed by atoms with Crippen LogP contribution in [0.5, 0.6) is 5.75 Å². The monoisotopic (exact) mass is 344 g/mol. The summed E-state index contributed by atoms with van der Waals surface area (Å²) < 4.78 is 5.93. The molecule has 25 heavy (non-hydrogen) atoms. The fourth-order valence-corrected chi connectivity index (χ4v) is 4.35. The second kappa shape index (κ2) is 8.70. The summed E-state index contributed by atoms with van der Waals surface area (Å²) in [4.78, 5) is 17.3. The van der Waals surface area contributed by atoms with E-state index in [9.17, 15) is 4.79 Å². The van der Waals surface area contributed by atoms with Crippen molar-refractivity contribution in [3.8, 4) is 5.75 Å². The number of carbonyl (C=O) groups is 1. The lowest BCUT2D eigenvalue weighted by Crippen LogP contribution is -2.52. The molecule has 0 bridgehead atoms. The van der Waals surface area contributed by atoms with E-state index in [1.807, 2.05) is 30.3 Å². The molecular weight excluding hydrogens is 312 g/mol. The number of hydrogen-bond donors (Lipinski definition) is 0. The first-order chi connectivity index (χ1) is 12.1. The van der Waals surface area contributed by atoms with E-state index >= 15 is 0 Å². The average molecular weight is 344 g/mol. The van der Waals surface area contributed by atoms with Gasteiger partial charge in [0.05, 0.1) is 13.2 Å². The van der Waals surface area contributed by atoms with Gasteiger partial charge in [-0.1, -0.05) is 18.2 Å². The molecule has 0 aromatic heterocycles. The van der Waals surface area contributed by atoms with Crippen molar-refractivity contribution >= 4 is 5.91 Å². The van der Waals surface area contributed by atoms with E-state index in [4.69, 9.17) is 4.74 Å². The molecule has 0 N–H and O–H groups in total. The Morgan fingerprint density at radius 1 is 1.08 bits per heavy atom. The van der Waals surface area contributed by atoms with E-state index < -0.39 is 0 Å². The van der Waals surface area contributed by atoms with Gasteiger partial charge in [0, 0.05) is 24.5 Å². The summed E-state index contributed by atoms with van der Waals surface area (Å²) in [5.74, 6) is 1.76. The summed E-state index contributed by atoms with van der Waals surface area (Å²) in [6.45, 7) is 7.70. The van der Waals surface area contributed by atoms with E-state index in [1.165, 1.54) is 12.8 Å². The Morgan fingerprint density at radius 3 is 2.52 bits per heavy atom. The fraction of sp³-hybridized carbons (Fsp3) is 0.667. The minimum absolute atomic E-state index is 0.310. The SMILES string of the molecule is CC1CCCC(C)N1C(=O)CN1CCCC(COc2ccccc2)C1. The molecule has 3 rings (SSSR count). The van der Waals surface area contributed by atoms with Crippen LogP contribution in [-0.4, -0.2) is 54.0 Å². The average Bonchev–Trinajstić information content (AvgIpc) is 2.61. The van der Waals surface area contributed by atoms with Crippen molar-refractivity contribution < 1.29 is 9.53 Å². The van der Waals surface area contributed by atoms with E-state index in [0.29, 0.717) is 30.5 Å². The van der Waals surface area contributed by atoms with Crippen LogP contribution in [-0.2, 0) is 4.79 Å². The van der Waals surface area contributed by atoms with Gasteiger partial charge in [0.2, 0.25) is 5.91 Å². The Kier molecular flexibility index (Phi) is 6.35. The highest BCUT2D eigenvalue weighted by Gasteiger charge is 2.31. The molecule has 2 saturated heterocycles. The Labute approximate surface area is 152 Å². The molecule has 138 valence electrons. The molecule has 1 aromatic carbocycles. The zero-order valence-electron chi connectivity index (χ0n) is 15.7. The largest absolute Gasteiger partial charge is 0.493 e. The van der Waals surface area contributed by atoms with Crippen molar-refractivity contribution in [3.63, 3.8) is 0 Å². The molecule has 2 aliphatic heterocycles. The number of ether oxygens (including phenoxy) is 1. The lowest BCUT2D eigenvalue weighted by Gasteiger charge is -2.41. The molecule has 0 radical (unpaired) electrons. The molecule has 0 aliphatic carbocycles. The highest BCUT2D eigenvalue weighted by atomic mass is 16.5. The predicted molar refractivity (Wildman–Crippen MR) is 101 cm³/mol. The van der Waals surface area contributed by atoms with Crippen LogP contribution in [0.15, 0.2) is 30.3 Å². The molecule has 3 unspecified atom stereocenters. The predicted octanol–water partition coefficient (Wildman–Crippen LogP) is 3.57. The Bertz CT molecular complexity index is 538. The lowest BCUT2D eigenvalue weighted by molar-refractivity contribution is -0.139. The van der Waals surface area contributed by atoms with Crippen molar-refractivity contribution in [3.05, 3.63) is 30.3 Å². The van der Waals surface area contributed by atoms with Gasteiger partial charge >= 0.3 is 0 Å². The number of benzene rings is 1. The zero-order valence-corrected chi connectivity index (χ0v) is 15.7. The van der Waals surface area contributed by atoms with Gasteiger partial charge in [-0.3, -0.25) is 9.69 Å². The third-order valence-corrected chi connectivity index (χ3v) is 5.67. The Morgan fingerprint density at radius 2 is 1.80 bits per heavy atom. The molecule has 0 spiro atoms. The van der Waals surface area contributed by atoms with Crippen LogP contribution >= 0.6 is 0 Å². The van der Waals surface area contributed by atoms with Gasteiger partial charge in [-0.15, -0.1) is 0 Å². The molecule has 3 atom stereocenters. The van der Waals surface area contributed by atoms with Crippen LogP contribution in [0.3, 0.4) is 0 Å². The molecule has 2 fully saturated rings. The fourth-order valence-electron chi connectivity index (χ4n) is 4.35. The molecule has 0 saturated carbocycles. The lowest BCUT2D eigenvalue weighted by atomic mass is 9.96. The number of likely N-dealkylation sites (tertiary alicyclic amines) is 2. The van der Waals surface area contributed by atoms with Crippen LogP contribution < -0.4 is 4.74 Å². The quantitative estimate of drug-likeness (QED) is 0.819. The number of para-hydroxylation sites is 1. The van der Waals surface area contributed by atoms with Gasteiger partial charge < -0.3 is 9.64 Å². The van der Waals surface area contributed by atoms with Gasteiger partial charge in [-0.25, -0.2) is 0 Å². The van der Waals surface area contributed by atoms with Crippen LogP contribution in [0.4, 0.5) is 0 Å². The second-order valence-electron chi connectivity index (χ2n) is 7.80. The molecule has 1 aromatic rings. The van der Waals surface area contributed by atoms with Crippen molar-refractivity contribution in [2.45, 2.75) is 58.0 Å². The topological polar surface area (TPSA) is 32.8 Å². The summed E-state index contributed by atoms with van der Waals surface area (Å²) in [5.41, 5.74) is 0. The second-order valence-corrected chi connectivity index (χ2v) is 7.80. The van der Waals surface area contributed by atoms with E-state index in [2.05, 4.69) is 23.6 Å². The molecule has 1 amide bonds. The van der Waals surface area contributed by atoms with E-state index in [0.717, 1.165) is 44.7 Å². The minimum atomic E-state index is 0.310. The number of amides is 1. The van der Waals surface area contributed by atoms with Crippen LogP contribution in [0.25, 0.3) is 0 Å². The van der Waals surface area contributed by atoms with Gasteiger partial charge in [-0.05, 0) is 64.6 Å². The number of nitrogens with zero attached hydrogens (tertiary/aromatic N) is 2. The van der Waals surface area contributed by atoms with Gasteiger partial charge in [0.25, 0.3) is 0 Å². The minimum Gasteiger partial charge on any atom is -0.493 e. The Balaban J connectivity index is 1.48. The normalized spacial score (nSPS) is 27.9. The maximum Gasteiger partial charge on any atom is 0.237 e. The number of carbonyl (C=O) groups excluding carboxylic acids is 1. The van der Waals surface area contributed by atoms with E-state index in [1.54, 1.807) is 0 Å². The zero-order chi connectivity index (χ0) is 17.6. The molecule has 2 heterocycles. The number of rotatable bonds is 5. The summed E-state index contributed by atoms with van der Waals surface area (Å²) in [5, 5.41) is 0. The van der Waals surface area contributed by atoms with Crippen molar-refractivity contribution in [2.75, 3.05) is 26.2 Å². The third-order valence-electron chi connectivity index (χ3n) is 5.67. The summed E-state index contributed by atoms with van der Waals surface area (Å²) >= 11 is 0. The summed E-state index contributed by atoms with van der Waals surface area (Å²) in [7, 11) is 0. The molecule has 2 aliphatic rings. The third kappa shape index (κ3) is 4.97. The number of hydrogen-bond acceptors (Lipinski definition) is 3. The highest BCUT2D eigenvalue weighted by Crippen LogP contribution is 2.24. The first kappa shape index (κ1) is 18.2. The first-order valence-corrected chi connectivity index (χ1v) is 9.85. The van der Waals surface area contributed by atoms with Crippen molar-refractivity contribution in [2.24, 2.45) is 5.92 Å². The highest BCUT2D eigenvalue weighted by molar-refractivity contribution is 5.79. The first-order valence-electron chi connectivity index (χ1n) is 9.85. The Hall–Kier alpha value is -1.55. The van der Waals surface area contributed by atoms with Crippen LogP contribution in [0, 0.1) is 5.92 Å². The maximum atomic E-state index is 12.8. The van der Waals surface area contributed by atoms with Crippen LogP contribution in [0.2, 0.25) is 0 Å². The van der Waals surface area contributed by atoms with E-state index in [-0.39, 0.29) is 0 Å². The van der Waals surface area contributed by atoms with Crippen molar-refractivity contribution in [1.82, 2.24) is 9.80 Å². The summed E-state index contributed by atoms with van der Waals surface area (Å²) in [6.07, 6.45) is 5.87. The molecule has 4 nitrogen and oxygen atoms in total. The van der Waals surface area contributed by atoms with Crippen molar-refractivity contribution in [1.29, 1.82) is 0 Å². The standard InChI is InChI=1S/C21H32N2O2/c1-17-8-6-9-18(2)23(17)21(24)15-22-13-7-10-19(14-22)16-25-20-11-4-3-5-12-20/h3-5,11-12,17-19H,6-10,13-16H2,1-2H3. The maximum absolute atomic E-state index is 12.8. The number of piperidine rings is 2. The molecule has 4 heteroatoms. The van der Waals surface area contributed by atoms with Gasteiger partial charge in [0.1, 0.15) is 5.75 Å². The smallest absolute Gasteiger partial charge is 0.237 e. The van der Waals surface area contributed by atoms with Gasteiger partial charge in [-0.2, -0.15) is 0 Å². The molecular formula is C21H32N2O2. The summed E-state index contributed by atoms with van der Waals surface area (Å²) in [6, 6.07) is 10.8. The van der Waals surface area contributed by atoms with Gasteiger partial charge in [0.15, 0.2) is 0 Å².